The smallest absolute Gasteiger partial charge is 0.405 e. The number of aliphatic hydroxyl groups excluding tert-OH is 1. The Labute approximate surface area is 227 Å². The van der Waals surface area contributed by atoms with Crippen molar-refractivity contribution in [2.45, 2.75) is 64.6 Å². The molecular weight excluding hydrogens is 508 g/mol. The zero-order chi connectivity index (χ0) is 29.0. The van der Waals surface area contributed by atoms with Crippen LogP contribution < -0.4 is 11.1 Å². The standard InChI is InChI=1S/C28H36N2O9/c1-13-8-7-9-19(36-5)24(39-28(29)35)14(2)10-15(3)25-20(37-6)11-16(4)26(38-25)21-22(32)17(30-27(13)34)12-18(31)23(21)33/h7-10,12,15-16,19-20,24-26,32H,11H2,1-6H3,(H2,29,35)(H,30,34). The molecule has 2 heterocycles. The summed E-state index contributed by atoms with van der Waals surface area (Å²) in [6.45, 7) is 6.99. The lowest BCUT2D eigenvalue weighted by Crippen LogP contribution is -2.50. The molecule has 0 aromatic rings. The number of rotatable bonds is 3. The number of amides is 2. The summed E-state index contributed by atoms with van der Waals surface area (Å²) in [6, 6.07) is 0. The van der Waals surface area contributed by atoms with Crippen molar-refractivity contribution in [1.82, 2.24) is 5.32 Å². The maximum absolute atomic E-state index is 13.0. The third-order valence-corrected chi connectivity index (χ3v) is 7.19. The highest BCUT2D eigenvalue weighted by atomic mass is 16.6. The molecule has 0 radical (unpaired) electrons. The Morgan fingerprint density at radius 2 is 1.85 bits per heavy atom. The fourth-order valence-electron chi connectivity index (χ4n) is 5.13. The number of nitrogens with two attached hydrogens (primary N) is 1. The van der Waals surface area contributed by atoms with E-state index in [4.69, 9.17) is 24.7 Å². The maximum atomic E-state index is 13.0. The molecule has 39 heavy (non-hydrogen) atoms. The first-order valence-electron chi connectivity index (χ1n) is 12.6. The molecular formula is C28H36N2O9. The van der Waals surface area contributed by atoms with Crippen molar-refractivity contribution in [1.29, 1.82) is 0 Å². The second-order valence-electron chi connectivity index (χ2n) is 10.0. The second-order valence-corrected chi connectivity index (χ2v) is 10.0. The Morgan fingerprint density at radius 3 is 2.46 bits per heavy atom. The number of carbonyl (C=O) groups excluding carboxylic acids is 4. The van der Waals surface area contributed by atoms with Gasteiger partial charge in [0, 0.05) is 31.8 Å². The largest absolute Gasteiger partial charge is 0.505 e. The van der Waals surface area contributed by atoms with E-state index in [1.165, 1.54) is 20.1 Å². The number of fused-ring (bicyclic) bond motifs is 4. The van der Waals surface area contributed by atoms with E-state index in [9.17, 15) is 24.3 Å². The average Bonchev–Trinajstić information content (AvgIpc) is 2.88. The van der Waals surface area contributed by atoms with E-state index >= 15 is 0 Å². The van der Waals surface area contributed by atoms with Crippen molar-refractivity contribution in [2.24, 2.45) is 17.6 Å². The first kappa shape index (κ1) is 30.0. The first-order chi connectivity index (χ1) is 18.4. The van der Waals surface area contributed by atoms with Crippen LogP contribution in [-0.4, -0.2) is 73.4 Å². The number of nitrogens with one attached hydrogen (secondary N) is 1. The fourth-order valence-corrected chi connectivity index (χ4v) is 5.13. The maximum Gasteiger partial charge on any atom is 0.405 e. The highest BCUT2D eigenvalue weighted by Crippen LogP contribution is 2.37. The Balaban J connectivity index is 2.18. The summed E-state index contributed by atoms with van der Waals surface area (Å²) in [5.41, 5.74) is 5.80. The van der Waals surface area contributed by atoms with Gasteiger partial charge in [-0.1, -0.05) is 38.2 Å². The van der Waals surface area contributed by atoms with Crippen LogP contribution >= 0.6 is 0 Å². The van der Waals surface area contributed by atoms with Crippen molar-refractivity contribution in [3.63, 3.8) is 0 Å². The molecule has 4 bridgehead atoms. The number of aliphatic hydroxyl groups is 1. The molecule has 212 valence electrons. The minimum Gasteiger partial charge on any atom is -0.505 e. The minimum atomic E-state index is -0.989. The van der Waals surface area contributed by atoms with E-state index in [-0.39, 0.29) is 34.8 Å². The van der Waals surface area contributed by atoms with Gasteiger partial charge in [0.1, 0.15) is 11.9 Å². The van der Waals surface area contributed by atoms with Gasteiger partial charge >= 0.3 is 6.09 Å². The molecule has 3 aliphatic rings. The lowest BCUT2D eigenvalue weighted by Gasteiger charge is -2.43. The van der Waals surface area contributed by atoms with Crippen molar-refractivity contribution in [2.75, 3.05) is 14.2 Å². The third kappa shape index (κ3) is 6.55. The van der Waals surface area contributed by atoms with Crippen LogP contribution in [0.3, 0.4) is 0 Å². The van der Waals surface area contributed by atoms with E-state index < -0.39 is 53.7 Å². The van der Waals surface area contributed by atoms with E-state index in [0.29, 0.717) is 12.0 Å². The van der Waals surface area contributed by atoms with E-state index in [1.807, 2.05) is 19.9 Å². The molecule has 3 rings (SSSR count). The van der Waals surface area contributed by atoms with Gasteiger partial charge in [-0.2, -0.15) is 0 Å². The average molecular weight is 545 g/mol. The molecule has 1 aliphatic carbocycles. The molecule has 4 N–H and O–H groups in total. The number of hydrogen-bond donors (Lipinski definition) is 3. The number of ketones is 2. The lowest BCUT2D eigenvalue weighted by atomic mass is 9.80. The Bertz CT molecular complexity index is 1180. The van der Waals surface area contributed by atoms with Crippen LogP contribution in [0.1, 0.15) is 34.1 Å². The summed E-state index contributed by atoms with van der Waals surface area (Å²) < 4.78 is 23.1. The van der Waals surface area contributed by atoms with Crippen LogP contribution in [0.15, 0.2) is 58.6 Å². The van der Waals surface area contributed by atoms with Crippen LogP contribution in [0, 0.1) is 11.8 Å². The monoisotopic (exact) mass is 544 g/mol. The molecule has 7 atom stereocenters. The third-order valence-electron chi connectivity index (χ3n) is 7.19. The number of methoxy groups -OCH3 is 2. The zero-order valence-electron chi connectivity index (χ0n) is 22.9. The summed E-state index contributed by atoms with van der Waals surface area (Å²) in [5, 5.41) is 13.6. The van der Waals surface area contributed by atoms with Crippen LogP contribution in [0.2, 0.25) is 0 Å². The normalized spacial score (nSPS) is 32.5. The minimum absolute atomic E-state index is 0.185. The van der Waals surface area contributed by atoms with E-state index in [2.05, 4.69) is 5.32 Å². The highest BCUT2D eigenvalue weighted by molar-refractivity contribution is 6.48. The molecule has 0 aromatic carbocycles. The summed E-state index contributed by atoms with van der Waals surface area (Å²) in [4.78, 5) is 50.2. The molecule has 1 saturated heterocycles. The number of hydrogen-bond acceptors (Lipinski definition) is 9. The van der Waals surface area contributed by atoms with Crippen LogP contribution in [0.25, 0.3) is 0 Å². The van der Waals surface area contributed by atoms with Gasteiger partial charge in [0.05, 0.1) is 29.6 Å². The van der Waals surface area contributed by atoms with Gasteiger partial charge in [-0.3, -0.25) is 14.4 Å². The second kappa shape index (κ2) is 12.5. The summed E-state index contributed by atoms with van der Waals surface area (Å²) in [6.07, 6.45) is 3.29. The van der Waals surface area contributed by atoms with Crippen LogP contribution in [0.4, 0.5) is 4.79 Å². The number of allylic oxidation sites excluding steroid dienone is 3. The number of Topliss-reactive ketones (excluding diaryl/α,β-unsaturated/α-hetero) is 1. The molecule has 0 aromatic heterocycles. The van der Waals surface area contributed by atoms with Crippen molar-refractivity contribution >= 4 is 23.6 Å². The lowest BCUT2D eigenvalue weighted by molar-refractivity contribution is -0.156. The topological polar surface area (TPSA) is 163 Å². The number of ether oxygens (including phenoxy) is 4. The Kier molecular flexibility index (Phi) is 9.65. The van der Waals surface area contributed by atoms with Gasteiger partial charge in [-0.05, 0) is 31.8 Å². The van der Waals surface area contributed by atoms with Crippen molar-refractivity contribution in [3.05, 3.63) is 58.6 Å². The van der Waals surface area contributed by atoms with Gasteiger partial charge < -0.3 is 35.1 Å². The fraction of sp³-hybridized carbons (Fsp3) is 0.500. The zero-order valence-corrected chi connectivity index (χ0v) is 22.9. The van der Waals surface area contributed by atoms with Crippen molar-refractivity contribution < 1.29 is 43.2 Å². The van der Waals surface area contributed by atoms with Crippen LogP contribution in [0.5, 0.6) is 0 Å². The molecule has 7 unspecified atom stereocenters. The molecule has 2 aliphatic heterocycles. The van der Waals surface area contributed by atoms with Crippen molar-refractivity contribution in [3.8, 4) is 0 Å². The Morgan fingerprint density at radius 1 is 1.15 bits per heavy atom. The Hall–Kier alpha value is -3.54. The molecule has 1 fully saturated rings. The number of carbonyl (C=O) groups is 4. The van der Waals surface area contributed by atoms with Gasteiger partial charge in [-0.25, -0.2) is 4.79 Å². The van der Waals surface area contributed by atoms with E-state index in [1.54, 1.807) is 26.2 Å². The molecule has 0 saturated carbocycles. The SMILES string of the molecule is COC1C=CC=C(C)C(=O)NC2=CC(=O)C(=O)C(=C2O)C2OC(C(C)C=C(C)C1OC(N)=O)C(OC)CC2C. The van der Waals surface area contributed by atoms with Gasteiger partial charge in [0.25, 0.3) is 5.91 Å². The van der Waals surface area contributed by atoms with Gasteiger partial charge in [-0.15, -0.1) is 0 Å². The first-order valence-corrected chi connectivity index (χ1v) is 12.6. The predicted octanol–water partition coefficient (Wildman–Crippen LogP) is 2.34. The van der Waals surface area contributed by atoms with Gasteiger partial charge in [0.2, 0.25) is 11.6 Å². The number of primary amides is 1. The summed E-state index contributed by atoms with van der Waals surface area (Å²) in [5.74, 6) is -3.55. The highest BCUT2D eigenvalue weighted by Gasteiger charge is 2.45. The summed E-state index contributed by atoms with van der Waals surface area (Å²) >= 11 is 0. The molecule has 11 nitrogen and oxygen atoms in total. The van der Waals surface area contributed by atoms with Gasteiger partial charge in [0.15, 0.2) is 6.10 Å². The predicted molar refractivity (Wildman–Crippen MR) is 140 cm³/mol. The quantitative estimate of drug-likeness (QED) is 0.275. The molecule has 11 heteroatoms. The molecule has 0 spiro atoms. The van der Waals surface area contributed by atoms with E-state index in [0.717, 1.165) is 6.08 Å². The summed E-state index contributed by atoms with van der Waals surface area (Å²) in [7, 11) is 3.00. The van der Waals surface area contributed by atoms with Crippen LogP contribution in [-0.2, 0) is 33.3 Å². The molecule has 2 amide bonds.